The predicted molar refractivity (Wildman–Crippen MR) is 107 cm³/mol. The minimum Gasteiger partial charge on any atom is -0.481 e. The van der Waals surface area contributed by atoms with Gasteiger partial charge in [-0.25, -0.2) is 0 Å². The molecule has 1 aromatic rings. The van der Waals surface area contributed by atoms with Crippen molar-refractivity contribution in [2.45, 2.75) is 83.8 Å². The Bertz CT molecular complexity index is 888. The van der Waals surface area contributed by atoms with Gasteiger partial charge in [-0.3, -0.25) is 19.0 Å². The second kappa shape index (κ2) is 6.83. The van der Waals surface area contributed by atoms with Gasteiger partial charge in [0.25, 0.3) is 5.91 Å². The molecular formula is C22H33N3O4. The van der Waals surface area contributed by atoms with Crippen LogP contribution in [0.4, 0.5) is 0 Å². The first-order valence-electron chi connectivity index (χ1n) is 10.8. The van der Waals surface area contributed by atoms with Crippen LogP contribution >= 0.6 is 0 Å². The highest BCUT2D eigenvalue weighted by Gasteiger charge is 2.61. The molecular weight excluding hydrogens is 370 g/mol. The summed E-state index contributed by atoms with van der Waals surface area (Å²) in [6.07, 6.45) is 5.08. The van der Waals surface area contributed by atoms with Crippen LogP contribution in [0, 0.1) is 10.8 Å². The lowest BCUT2D eigenvalue weighted by atomic mass is 9.82. The summed E-state index contributed by atoms with van der Waals surface area (Å²) in [6, 6.07) is 2.01. The average Bonchev–Trinajstić information content (AvgIpc) is 3.41. The molecule has 29 heavy (non-hydrogen) atoms. The van der Waals surface area contributed by atoms with Crippen LogP contribution in [0.25, 0.3) is 0 Å². The molecule has 2 saturated carbocycles. The Balaban J connectivity index is 1.71. The van der Waals surface area contributed by atoms with Gasteiger partial charge in [0.15, 0.2) is 5.49 Å². The molecule has 2 heterocycles. The molecule has 4 rings (SSSR count). The monoisotopic (exact) mass is 403 g/mol. The van der Waals surface area contributed by atoms with Gasteiger partial charge in [0, 0.05) is 30.8 Å². The molecule has 2 bridgehead atoms. The molecule has 1 saturated heterocycles. The van der Waals surface area contributed by atoms with Gasteiger partial charge in [0.2, 0.25) is 0 Å². The number of aliphatic carboxylic acids is 1. The third-order valence-electron chi connectivity index (χ3n) is 7.37. The number of carboxylic acids is 1. The molecule has 0 unspecified atom stereocenters. The number of carboxylic acid groups (broad SMARTS) is 1. The van der Waals surface area contributed by atoms with Gasteiger partial charge in [-0.15, -0.1) is 0 Å². The van der Waals surface area contributed by atoms with E-state index >= 15 is 0 Å². The molecule has 1 N–H and O–H groups in total. The minimum atomic E-state index is -0.757. The lowest BCUT2D eigenvalue weighted by Crippen LogP contribution is -2.32. The Labute approximate surface area is 171 Å². The maximum absolute atomic E-state index is 13.3. The van der Waals surface area contributed by atoms with Crippen molar-refractivity contribution in [1.82, 2.24) is 9.36 Å². The van der Waals surface area contributed by atoms with Gasteiger partial charge in [-0.2, -0.15) is 4.99 Å². The van der Waals surface area contributed by atoms with Crippen LogP contribution in [-0.2, 0) is 33.3 Å². The summed E-state index contributed by atoms with van der Waals surface area (Å²) < 4.78 is 9.98. The standard InChI is InChI=1S/C22H33N3O4/c1-20(2,3)16-12-17(25(24(16)4)13-15-6-5-11-29-15)23-18(26)21-7-9-22(14-21,10-8-21)19(27)28/h12,15H,5-11,13-14H2,1-4H3,(H,27,28)/b23-17+/t15-,21?,22?/m1/s1. The topological polar surface area (TPSA) is 85.8 Å². The van der Waals surface area contributed by atoms with Gasteiger partial charge < -0.3 is 9.84 Å². The van der Waals surface area contributed by atoms with E-state index in [9.17, 15) is 14.7 Å². The minimum absolute atomic E-state index is 0.0820. The smallest absolute Gasteiger partial charge is 0.309 e. The van der Waals surface area contributed by atoms with Crippen molar-refractivity contribution in [3.8, 4) is 0 Å². The van der Waals surface area contributed by atoms with E-state index in [1.54, 1.807) is 0 Å². The maximum Gasteiger partial charge on any atom is 0.309 e. The van der Waals surface area contributed by atoms with E-state index in [2.05, 4.69) is 35.1 Å². The second-order valence-electron chi connectivity index (χ2n) is 10.3. The van der Waals surface area contributed by atoms with E-state index in [1.165, 1.54) is 0 Å². The van der Waals surface area contributed by atoms with E-state index in [0.717, 1.165) is 25.1 Å². The van der Waals surface area contributed by atoms with Gasteiger partial charge in [0.1, 0.15) is 0 Å². The number of carbonyl (C=O) groups is 2. The van der Waals surface area contributed by atoms with Crippen LogP contribution in [0.2, 0.25) is 0 Å². The Morgan fingerprint density at radius 2 is 1.90 bits per heavy atom. The maximum atomic E-state index is 13.3. The van der Waals surface area contributed by atoms with Gasteiger partial charge in [0.05, 0.1) is 23.5 Å². The zero-order valence-electron chi connectivity index (χ0n) is 18.0. The molecule has 3 fully saturated rings. The van der Waals surface area contributed by atoms with Crippen molar-refractivity contribution in [3.05, 3.63) is 17.2 Å². The first kappa shape index (κ1) is 20.4. The summed E-state index contributed by atoms with van der Waals surface area (Å²) in [5.74, 6) is -0.905. The lowest BCUT2D eigenvalue weighted by molar-refractivity contribution is -0.148. The molecule has 3 aliphatic rings. The van der Waals surface area contributed by atoms with Crippen LogP contribution < -0.4 is 5.49 Å². The molecule has 1 atom stereocenters. The number of rotatable bonds is 4. The molecule has 0 spiro atoms. The molecule has 1 aliphatic heterocycles. The molecule has 7 heteroatoms. The highest BCUT2D eigenvalue weighted by molar-refractivity contribution is 5.87. The third kappa shape index (κ3) is 3.37. The third-order valence-corrected chi connectivity index (χ3v) is 7.37. The number of ether oxygens (including phenoxy) is 1. The van der Waals surface area contributed by atoms with Crippen LogP contribution in [0.15, 0.2) is 11.1 Å². The number of amides is 1. The summed E-state index contributed by atoms with van der Waals surface area (Å²) in [5.41, 5.74) is 0.370. The normalized spacial score (nSPS) is 32.3. The number of carbonyl (C=O) groups excluding carboxylic acids is 1. The van der Waals surface area contributed by atoms with Crippen LogP contribution in [0.1, 0.15) is 71.4 Å². The molecule has 0 aromatic carbocycles. The molecule has 7 nitrogen and oxygen atoms in total. The van der Waals surface area contributed by atoms with E-state index in [1.807, 2.05) is 13.1 Å². The van der Waals surface area contributed by atoms with Gasteiger partial charge >= 0.3 is 5.97 Å². The number of nitrogens with zero attached hydrogens (tertiary/aromatic N) is 3. The summed E-state index contributed by atoms with van der Waals surface area (Å²) in [4.78, 5) is 29.6. The van der Waals surface area contributed by atoms with Gasteiger partial charge in [-0.05, 0) is 44.9 Å². The van der Waals surface area contributed by atoms with E-state index in [-0.39, 0.29) is 17.4 Å². The van der Waals surface area contributed by atoms with E-state index in [0.29, 0.717) is 44.1 Å². The van der Waals surface area contributed by atoms with Crippen molar-refractivity contribution in [1.29, 1.82) is 0 Å². The number of hydrogen-bond donors (Lipinski definition) is 1. The summed E-state index contributed by atoms with van der Waals surface area (Å²) in [5, 5.41) is 9.65. The molecule has 1 amide bonds. The van der Waals surface area contributed by atoms with Crippen LogP contribution in [0.5, 0.6) is 0 Å². The molecule has 1 aromatic heterocycles. The summed E-state index contributed by atoms with van der Waals surface area (Å²) in [6.45, 7) is 7.91. The quantitative estimate of drug-likeness (QED) is 0.838. The largest absolute Gasteiger partial charge is 0.481 e. The Morgan fingerprint density at radius 1 is 1.24 bits per heavy atom. The highest BCUT2D eigenvalue weighted by atomic mass is 16.5. The van der Waals surface area contributed by atoms with Crippen molar-refractivity contribution in [3.63, 3.8) is 0 Å². The molecule has 160 valence electrons. The Hall–Kier alpha value is -1.89. The van der Waals surface area contributed by atoms with E-state index < -0.39 is 16.8 Å². The zero-order valence-corrected chi connectivity index (χ0v) is 18.0. The Morgan fingerprint density at radius 3 is 2.41 bits per heavy atom. The fourth-order valence-corrected chi connectivity index (χ4v) is 5.57. The number of fused-ring (bicyclic) bond motifs is 2. The van der Waals surface area contributed by atoms with Crippen molar-refractivity contribution < 1.29 is 19.4 Å². The lowest BCUT2D eigenvalue weighted by Gasteiger charge is -2.23. The fourth-order valence-electron chi connectivity index (χ4n) is 5.57. The molecule has 0 radical (unpaired) electrons. The number of hydrogen-bond acceptors (Lipinski definition) is 3. The average molecular weight is 404 g/mol. The highest BCUT2D eigenvalue weighted by Crippen LogP contribution is 2.62. The first-order valence-corrected chi connectivity index (χ1v) is 10.8. The number of aromatic nitrogens is 2. The molecule has 2 aliphatic carbocycles. The second-order valence-corrected chi connectivity index (χ2v) is 10.3. The van der Waals surface area contributed by atoms with Gasteiger partial charge in [-0.1, -0.05) is 20.8 Å². The first-order chi connectivity index (χ1) is 13.6. The van der Waals surface area contributed by atoms with Crippen molar-refractivity contribution in [2.24, 2.45) is 22.9 Å². The fraction of sp³-hybridized carbons (Fsp3) is 0.773. The predicted octanol–water partition coefficient (Wildman–Crippen LogP) is 2.77. The summed E-state index contributed by atoms with van der Waals surface area (Å²) in [7, 11) is 2.01. The van der Waals surface area contributed by atoms with Crippen molar-refractivity contribution in [2.75, 3.05) is 6.61 Å². The van der Waals surface area contributed by atoms with Crippen LogP contribution in [-0.4, -0.2) is 39.1 Å². The zero-order chi connectivity index (χ0) is 21.0. The van der Waals surface area contributed by atoms with Crippen molar-refractivity contribution >= 4 is 11.9 Å². The van der Waals surface area contributed by atoms with E-state index in [4.69, 9.17) is 4.74 Å². The van der Waals surface area contributed by atoms with Crippen LogP contribution in [0.3, 0.4) is 0 Å². The Kier molecular flexibility index (Phi) is 4.80. The summed E-state index contributed by atoms with van der Waals surface area (Å²) >= 11 is 0. The SMILES string of the molecule is Cn1c(C(C)(C)C)c/c(=N\C(=O)C23CCC(C(=O)O)(CC2)C3)n1C[C@H]1CCCO1.